The van der Waals surface area contributed by atoms with Crippen LogP contribution >= 0.6 is 0 Å². The number of esters is 3. The molecule has 6 heteroatoms. The molecule has 0 aromatic rings. The highest BCUT2D eigenvalue weighted by Crippen LogP contribution is 2.19. The van der Waals surface area contributed by atoms with Crippen LogP contribution in [-0.4, -0.2) is 37.2 Å². The van der Waals surface area contributed by atoms with Gasteiger partial charge in [-0.3, -0.25) is 14.4 Å². The monoisotopic (exact) mass is 1110 g/mol. The first-order valence-electron chi connectivity index (χ1n) is 35.1. The van der Waals surface area contributed by atoms with E-state index in [1.165, 1.54) is 257 Å². The Morgan fingerprint density at radius 3 is 0.772 bits per heavy atom. The van der Waals surface area contributed by atoms with E-state index in [0.29, 0.717) is 19.3 Å². The number of rotatable bonds is 65. The largest absolute Gasteiger partial charge is 0.462 e. The molecule has 0 saturated heterocycles. The minimum absolute atomic E-state index is 0.0653. The maximum atomic E-state index is 12.9. The Morgan fingerprint density at radius 1 is 0.266 bits per heavy atom. The van der Waals surface area contributed by atoms with Crippen LogP contribution in [0, 0.1) is 0 Å². The summed E-state index contributed by atoms with van der Waals surface area (Å²) < 4.78 is 17.0. The molecule has 1 unspecified atom stereocenters. The van der Waals surface area contributed by atoms with Gasteiger partial charge in [0.1, 0.15) is 13.2 Å². The molecule has 0 aromatic carbocycles. The molecule has 0 fully saturated rings. The van der Waals surface area contributed by atoms with Gasteiger partial charge in [-0.05, 0) is 57.8 Å². The predicted octanol–water partition coefficient (Wildman–Crippen LogP) is 24.1. The molecule has 462 valence electrons. The molecule has 0 spiro atoms. The second-order valence-corrected chi connectivity index (χ2v) is 23.8. The molecule has 0 aliphatic carbocycles. The first-order valence-corrected chi connectivity index (χ1v) is 35.1. The van der Waals surface area contributed by atoms with Crippen LogP contribution in [0.3, 0.4) is 0 Å². The van der Waals surface area contributed by atoms with Crippen molar-refractivity contribution < 1.29 is 28.6 Å². The number of allylic oxidation sites excluding steroid dienone is 8. The number of hydrogen-bond donors (Lipinski definition) is 0. The molecule has 0 heterocycles. The van der Waals surface area contributed by atoms with Crippen molar-refractivity contribution >= 4 is 17.9 Å². The Balaban J connectivity index is 4.20. The van der Waals surface area contributed by atoms with Crippen LogP contribution in [0.1, 0.15) is 380 Å². The third-order valence-corrected chi connectivity index (χ3v) is 15.8. The Kier molecular flexibility index (Phi) is 65.6. The molecule has 79 heavy (non-hydrogen) atoms. The van der Waals surface area contributed by atoms with Crippen LogP contribution in [0.4, 0.5) is 0 Å². The average Bonchev–Trinajstić information content (AvgIpc) is 3.45. The fraction of sp³-hybridized carbons (Fsp3) is 0.849. The standard InChI is InChI=1S/C73H134O6/c1-4-7-10-13-16-19-22-25-28-30-32-33-34-35-36-37-38-39-40-41-42-44-45-48-51-54-57-60-63-66-72(75)78-69-70(68-77-71(74)65-62-59-56-53-50-47-27-24-21-18-15-12-9-6-3)79-73(76)67-64-61-58-55-52-49-46-43-31-29-26-23-20-17-14-11-8-5-2/h7,10,16,19,25,28,32-33,70H,4-6,8-9,11-15,17-18,20-24,26-27,29-31,34-69H2,1-3H3/b10-7-,19-16-,28-25-,33-32-. The first kappa shape index (κ1) is 76.4. The summed E-state index contributed by atoms with van der Waals surface area (Å²) in [5.74, 6) is -0.835. The highest BCUT2D eigenvalue weighted by atomic mass is 16.6. The maximum Gasteiger partial charge on any atom is 0.306 e. The minimum atomic E-state index is -0.768. The first-order chi connectivity index (χ1) is 39.0. The molecule has 0 N–H and O–H groups in total. The highest BCUT2D eigenvalue weighted by Gasteiger charge is 2.19. The van der Waals surface area contributed by atoms with Crippen LogP contribution in [0.2, 0.25) is 0 Å². The molecule has 0 amide bonds. The quantitative estimate of drug-likeness (QED) is 0.0261. The summed E-state index contributed by atoms with van der Waals surface area (Å²) in [6, 6.07) is 0. The lowest BCUT2D eigenvalue weighted by atomic mass is 10.0. The molecule has 1 atom stereocenters. The molecular weight excluding hydrogens is 973 g/mol. The maximum absolute atomic E-state index is 12.9. The number of unbranched alkanes of at least 4 members (excludes halogenated alkanes) is 46. The second kappa shape index (κ2) is 67.9. The van der Waals surface area contributed by atoms with Crippen molar-refractivity contribution in [3.8, 4) is 0 Å². The Bertz CT molecular complexity index is 1360. The minimum Gasteiger partial charge on any atom is -0.462 e. The van der Waals surface area contributed by atoms with Crippen LogP contribution in [0.15, 0.2) is 48.6 Å². The summed E-state index contributed by atoms with van der Waals surface area (Å²) in [6.45, 7) is 6.60. The number of carbonyl (C=O) groups is 3. The van der Waals surface area contributed by atoms with E-state index in [0.717, 1.165) is 83.5 Å². The van der Waals surface area contributed by atoms with E-state index < -0.39 is 6.10 Å². The molecule has 6 nitrogen and oxygen atoms in total. The van der Waals surface area contributed by atoms with Crippen molar-refractivity contribution in [2.75, 3.05) is 13.2 Å². The third-order valence-electron chi connectivity index (χ3n) is 15.8. The number of hydrogen-bond acceptors (Lipinski definition) is 6. The Morgan fingerprint density at radius 2 is 0.494 bits per heavy atom. The van der Waals surface area contributed by atoms with Gasteiger partial charge >= 0.3 is 17.9 Å². The van der Waals surface area contributed by atoms with E-state index in [1.54, 1.807) is 0 Å². The van der Waals surface area contributed by atoms with Crippen molar-refractivity contribution in [2.24, 2.45) is 0 Å². The molecule has 0 aliphatic heterocycles. The average molecular weight is 1110 g/mol. The van der Waals surface area contributed by atoms with E-state index in [4.69, 9.17) is 14.2 Å². The van der Waals surface area contributed by atoms with Crippen LogP contribution < -0.4 is 0 Å². The number of carbonyl (C=O) groups excluding carboxylic acids is 3. The van der Waals surface area contributed by atoms with Gasteiger partial charge in [0.15, 0.2) is 6.10 Å². The zero-order valence-electron chi connectivity index (χ0n) is 53.2. The summed E-state index contributed by atoms with van der Waals surface area (Å²) in [5.41, 5.74) is 0. The van der Waals surface area contributed by atoms with Crippen LogP contribution in [0.5, 0.6) is 0 Å². The van der Waals surface area contributed by atoms with Gasteiger partial charge in [0.05, 0.1) is 0 Å². The van der Waals surface area contributed by atoms with Crippen molar-refractivity contribution in [3.63, 3.8) is 0 Å². The lowest BCUT2D eigenvalue weighted by Crippen LogP contribution is -2.30. The SMILES string of the molecule is CC/C=C\C/C=C\C/C=C\C/C=C\CCCCCCCCCCCCCCCCCCC(=O)OCC(COC(=O)CCCCCCCCCCCCCCCC)OC(=O)CCCCCCCCCCCCCCCCCCCC. The Hall–Kier alpha value is -2.63. The van der Waals surface area contributed by atoms with Gasteiger partial charge in [-0.25, -0.2) is 0 Å². The van der Waals surface area contributed by atoms with Gasteiger partial charge in [0.2, 0.25) is 0 Å². The summed E-state index contributed by atoms with van der Waals surface area (Å²) >= 11 is 0. The topological polar surface area (TPSA) is 78.9 Å². The van der Waals surface area contributed by atoms with E-state index >= 15 is 0 Å². The molecule has 0 aliphatic rings. The highest BCUT2D eigenvalue weighted by molar-refractivity contribution is 5.71. The van der Waals surface area contributed by atoms with Gasteiger partial charge in [-0.2, -0.15) is 0 Å². The smallest absolute Gasteiger partial charge is 0.306 e. The Labute approximate surface area is 492 Å². The lowest BCUT2D eigenvalue weighted by Gasteiger charge is -2.18. The van der Waals surface area contributed by atoms with Gasteiger partial charge in [-0.15, -0.1) is 0 Å². The number of ether oxygens (including phenoxy) is 3. The second-order valence-electron chi connectivity index (χ2n) is 23.8. The van der Waals surface area contributed by atoms with Crippen molar-refractivity contribution in [1.29, 1.82) is 0 Å². The summed E-state index contributed by atoms with van der Waals surface area (Å²) in [5, 5.41) is 0. The third kappa shape index (κ3) is 66.1. The lowest BCUT2D eigenvalue weighted by molar-refractivity contribution is -0.167. The van der Waals surface area contributed by atoms with E-state index in [1.807, 2.05) is 0 Å². The fourth-order valence-electron chi connectivity index (χ4n) is 10.6. The fourth-order valence-corrected chi connectivity index (χ4v) is 10.6. The molecule has 0 radical (unpaired) electrons. The normalized spacial score (nSPS) is 12.3. The summed E-state index contributed by atoms with van der Waals surface area (Å²) in [7, 11) is 0. The van der Waals surface area contributed by atoms with Gasteiger partial charge in [-0.1, -0.05) is 352 Å². The van der Waals surface area contributed by atoms with E-state index in [2.05, 4.69) is 69.4 Å². The predicted molar refractivity (Wildman–Crippen MR) is 344 cm³/mol. The zero-order chi connectivity index (χ0) is 57.1. The van der Waals surface area contributed by atoms with Gasteiger partial charge in [0, 0.05) is 19.3 Å². The molecule has 0 bridgehead atoms. The van der Waals surface area contributed by atoms with Crippen molar-refractivity contribution in [1.82, 2.24) is 0 Å². The van der Waals surface area contributed by atoms with E-state index in [9.17, 15) is 14.4 Å². The van der Waals surface area contributed by atoms with Gasteiger partial charge < -0.3 is 14.2 Å². The molecule has 0 aromatic heterocycles. The molecule has 0 rings (SSSR count). The summed E-state index contributed by atoms with van der Waals surface area (Å²) in [6.07, 6.45) is 85.7. The molecule has 0 saturated carbocycles. The van der Waals surface area contributed by atoms with Crippen molar-refractivity contribution in [3.05, 3.63) is 48.6 Å². The zero-order valence-corrected chi connectivity index (χ0v) is 53.2. The van der Waals surface area contributed by atoms with E-state index in [-0.39, 0.29) is 31.1 Å². The van der Waals surface area contributed by atoms with Gasteiger partial charge in [0.25, 0.3) is 0 Å². The summed E-state index contributed by atoms with van der Waals surface area (Å²) in [4.78, 5) is 38.4. The van der Waals surface area contributed by atoms with Crippen LogP contribution in [-0.2, 0) is 28.6 Å². The molecular formula is C73H134O6. The van der Waals surface area contributed by atoms with Crippen LogP contribution in [0.25, 0.3) is 0 Å². The van der Waals surface area contributed by atoms with Crippen molar-refractivity contribution in [2.45, 2.75) is 386 Å².